The van der Waals surface area contributed by atoms with Gasteiger partial charge >= 0.3 is 37.7 Å². The molecule has 3 aromatic rings. The van der Waals surface area contributed by atoms with Crippen LogP contribution in [0.15, 0.2) is 46.2 Å². The minimum absolute atomic E-state index is 0. The van der Waals surface area contributed by atoms with E-state index in [2.05, 4.69) is 10.3 Å². The van der Waals surface area contributed by atoms with Gasteiger partial charge in [0.15, 0.2) is 6.73 Å². The van der Waals surface area contributed by atoms with E-state index in [9.17, 15) is 25.9 Å². The number of aryl methyl sites for hydroxylation is 1. The molecular weight excluding hydrogens is 442 g/mol. The van der Waals surface area contributed by atoms with Crippen LogP contribution in [0.2, 0.25) is 0 Å². The Bertz CT molecular complexity index is 1190. The monoisotopic (exact) mass is 456 g/mol. The Hall–Kier alpha value is -1.06. The summed E-state index contributed by atoms with van der Waals surface area (Å²) in [7, 11) is -9.90. The van der Waals surface area contributed by atoms with Crippen molar-refractivity contribution in [3.05, 3.63) is 41.4 Å². The Morgan fingerprint density at radius 2 is 1.60 bits per heavy atom. The number of fused-ring (bicyclic) bond motifs is 1. The average molecular weight is 456 g/mol. The van der Waals surface area contributed by atoms with Crippen molar-refractivity contribution in [2.75, 3.05) is 12.0 Å². The van der Waals surface area contributed by atoms with E-state index in [-0.39, 0.29) is 50.1 Å². The number of thiazole rings is 1. The summed E-state index contributed by atoms with van der Waals surface area (Å²) in [5, 5.41) is 3.63. The topological polar surface area (TPSA) is 149 Å². The summed E-state index contributed by atoms with van der Waals surface area (Å²) in [5.41, 5.74) is 0.791. The summed E-state index contributed by atoms with van der Waals surface area (Å²) in [5.74, 6) is 0.510. The molecule has 0 aliphatic rings. The molecule has 1 aromatic heterocycles. The van der Waals surface area contributed by atoms with Crippen LogP contribution in [-0.4, -0.2) is 37.7 Å². The van der Waals surface area contributed by atoms with E-state index < -0.39 is 30.0 Å². The van der Waals surface area contributed by atoms with Crippen LogP contribution in [0.1, 0.15) is 11.9 Å². The fourth-order valence-corrected chi connectivity index (χ4v) is 4.45. The van der Waals surface area contributed by atoms with Crippen LogP contribution in [0.5, 0.6) is 5.75 Å². The van der Waals surface area contributed by atoms with Crippen LogP contribution in [-0.2, 0) is 26.7 Å². The van der Waals surface area contributed by atoms with E-state index in [4.69, 9.17) is 4.74 Å². The van der Waals surface area contributed by atoms with E-state index >= 15 is 0 Å². The van der Waals surface area contributed by atoms with E-state index in [1.807, 2.05) is 6.92 Å². The van der Waals surface area contributed by atoms with Crippen molar-refractivity contribution in [2.45, 2.75) is 23.1 Å². The third kappa shape index (κ3) is 6.72. The first kappa shape index (κ1) is 27.0. The molecule has 0 saturated heterocycles. The zero-order valence-electron chi connectivity index (χ0n) is 16.4. The molecule has 3 rings (SSSR count). The van der Waals surface area contributed by atoms with Crippen molar-refractivity contribution in [3.8, 4) is 5.75 Å². The standard InChI is InChI=1S/C16H16N2O7S3.2Li/c1-2-16-18-14-4-3-11(7-15(14)26-16)25-9-17-10-5-12(27(19,20)21)8-13(6-10)28(22,23)24;;/h3-8,17H,2,9H2,1H3,(H,19,20,21)(H,22,23,24);;/q;2*+1/p-2. The van der Waals surface area contributed by atoms with E-state index in [0.29, 0.717) is 11.8 Å². The fraction of sp³-hybridized carbons (Fsp3) is 0.188. The first-order valence-corrected chi connectivity index (χ1v) is 11.5. The molecule has 0 radical (unpaired) electrons. The van der Waals surface area contributed by atoms with Crippen LogP contribution < -0.4 is 47.8 Å². The van der Waals surface area contributed by atoms with Gasteiger partial charge in [0.2, 0.25) is 0 Å². The smallest absolute Gasteiger partial charge is 0.744 e. The van der Waals surface area contributed by atoms with Crippen LogP contribution in [0, 0.1) is 0 Å². The van der Waals surface area contributed by atoms with Gasteiger partial charge in [-0.3, -0.25) is 0 Å². The van der Waals surface area contributed by atoms with Crippen molar-refractivity contribution in [1.82, 2.24) is 4.98 Å². The maximum Gasteiger partial charge on any atom is 1.00 e. The van der Waals surface area contributed by atoms with Gasteiger partial charge in [0, 0.05) is 5.69 Å². The molecule has 9 nitrogen and oxygen atoms in total. The fourth-order valence-electron chi connectivity index (χ4n) is 2.36. The molecule has 0 saturated carbocycles. The summed E-state index contributed by atoms with van der Waals surface area (Å²) in [6, 6.07) is 7.68. The van der Waals surface area contributed by atoms with Crippen molar-refractivity contribution in [1.29, 1.82) is 0 Å². The van der Waals surface area contributed by atoms with Gasteiger partial charge in [-0.1, -0.05) is 6.92 Å². The van der Waals surface area contributed by atoms with Crippen molar-refractivity contribution < 1.29 is 68.4 Å². The second kappa shape index (κ2) is 10.5. The first-order valence-electron chi connectivity index (χ1n) is 7.89. The van der Waals surface area contributed by atoms with Gasteiger partial charge in [0.1, 0.15) is 26.0 Å². The van der Waals surface area contributed by atoms with E-state index in [0.717, 1.165) is 33.8 Å². The maximum absolute atomic E-state index is 11.2. The molecule has 30 heavy (non-hydrogen) atoms. The Kier molecular flexibility index (Phi) is 9.45. The first-order chi connectivity index (χ1) is 13.1. The molecule has 0 bridgehead atoms. The molecule has 0 spiro atoms. The zero-order chi connectivity index (χ0) is 20.5. The molecule has 0 aliphatic heterocycles. The van der Waals surface area contributed by atoms with Gasteiger partial charge < -0.3 is 19.2 Å². The molecule has 0 atom stereocenters. The quantitative estimate of drug-likeness (QED) is 0.214. The second-order valence-corrected chi connectivity index (χ2v) is 9.53. The molecule has 150 valence electrons. The molecule has 0 unspecified atom stereocenters. The summed E-state index contributed by atoms with van der Waals surface area (Å²) in [4.78, 5) is 2.78. The van der Waals surface area contributed by atoms with Crippen LogP contribution in [0.25, 0.3) is 10.2 Å². The van der Waals surface area contributed by atoms with Crippen molar-refractivity contribution in [3.63, 3.8) is 0 Å². The largest absolute Gasteiger partial charge is 1.00 e. The predicted molar refractivity (Wildman–Crippen MR) is 100 cm³/mol. The minimum atomic E-state index is -4.95. The summed E-state index contributed by atoms with van der Waals surface area (Å²) < 4.78 is 73.6. The molecule has 2 aromatic carbocycles. The number of nitrogens with one attached hydrogen (secondary N) is 1. The summed E-state index contributed by atoms with van der Waals surface area (Å²) >= 11 is 1.54. The number of ether oxygens (including phenoxy) is 1. The van der Waals surface area contributed by atoms with Gasteiger partial charge in [0.05, 0.1) is 25.0 Å². The summed E-state index contributed by atoms with van der Waals surface area (Å²) in [6.45, 7) is 1.84. The molecular formula is C16H14Li2N2O7S3. The van der Waals surface area contributed by atoms with Gasteiger partial charge in [-0.2, -0.15) is 0 Å². The third-order valence-corrected chi connectivity index (χ3v) is 6.47. The Balaban J connectivity index is 0.00000225. The minimum Gasteiger partial charge on any atom is -0.744 e. The molecule has 1 heterocycles. The van der Waals surface area contributed by atoms with E-state index in [1.165, 1.54) is 11.3 Å². The molecule has 0 amide bonds. The zero-order valence-corrected chi connectivity index (χ0v) is 18.9. The molecule has 0 fully saturated rings. The normalized spacial score (nSPS) is 11.4. The van der Waals surface area contributed by atoms with Crippen LogP contribution in [0.3, 0.4) is 0 Å². The number of nitrogens with zero attached hydrogens (tertiary/aromatic N) is 1. The number of rotatable bonds is 7. The van der Waals surface area contributed by atoms with Gasteiger partial charge in [-0.05, 0) is 42.8 Å². The number of anilines is 1. The number of hydrogen-bond acceptors (Lipinski definition) is 10. The number of aromatic nitrogens is 1. The number of hydrogen-bond donors (Lipinski definition) is 1. The summed E-state index contributed by atoms with van der Waals surface area (Å²) in [6.07, 6.45) is 0.820. The van der Waals surface area contributed by atoms with Gasteiger partial charge in [-0.25, -0.2) is 21.8 Å². The predicted octanol–water partition coefficient (Wildman–Crippen LogP) is -3.88. The molecule has 14 heteroatoms. The Morgan fingerprint density at radius 1 is 1.00 bits per heavy atom. The van der Waals surface area contributed by atoms with Crippen LogP contribution >= 0.6 is 11.3 Å². The SMILES string of the molecule is CCc1nc2ccc(OCNc3cc(S(=O)(=O)[O-])cc(S(=O)(=O)[O-])c3)cc2s1.[Li+].[Li+]. The van der Waals surface area contributed by atoms with Gasteiger partial charge in [0.25, 0.3) is 0 Å². The number of benzene rings is 2. The Labute approximate surface area is 202 Å². The van der Waals surface area contributed by atoms with Crippen molar-refractivity contribution >= 4 is 47.5 Å². The molecule has 0 aliphatic carbocycles. The molecule has 1 N–H and O–H groups in total. The maximum atomic E-state index is 11.2. The van der Waals surface area contributed by atoms with E-state index in [1.54, 1.807) is 18.2 Å². The third-order valence-electron chi connectivity index (χ3n) is 3.68. The van der Waals surface area contributed by atoms with Crippen LogP contribution in [0.4, 0.5) is 5.69 Å². The van der Waals surface area contributed by atoms with Crippen molar-refractivity contribution in [2.24, 2.45) is 0 Å². The Morgan fingerprint density at radius 3 is 2.13 bits per heavy atom. The average Bonchev–Trinajstić information content (AvgIpc) is 3.02. The second-order valence-electron chi connectivity index (χ2n) is 5.66. The van der Waals surface area contributed by atoms with Gasteiger partial charge in [-0.15, -0.1) is 11.3 Å².